The van der Waals surface area contributed by atoms with Crippen LogP contribution < -0.4 is 10.1 Å². The first-order valence-corrected chi connectivity index (χ1v) is 6.40. The maximum absolute atomic E-state index is 8.66. The number of rotatable bonds is 6. The Bertz CT molecular complexity index is 482. The van der Waals surface area contributed by atoms with Crippen LogP contribution in [0, 0.1) is 0 Å². The third-order valence-corrected chi connectivity index (χ3v) is 3.07. The summed E-state index contributed by atoms with van der Waals surface area (Å²) in [6.07, 6.45) is 0. The predicted octanol–water partition coefficient (Wildman–Crippen LogP) is 2.87. The lowest BCUT2D eigenvalue weighted by atomic mass is 10.1. The molecule has 0 bridgehead atoms. The molecule has 1 atom stereocenters. The Hall–Kier alpha value is -1.84. The Balaban J connectivity index is 1.88. The summed E-state index contributed by atoms with van der Waals surface area (Å²) < 4.78 is 4.99. The number of aliphatic hydroxyl groups excluding tert-OH is 1. The molecule has 2 N–H and O–H groups in total. The highest BCUT2D eigenvalue weighted by Gasteiger charge is 2.03. The van der Waals surface area contributed by atoms with E-state index >= 15 is 0 Å². The molecule has 0 spiro atoms. The molecule has 0 radical (unpaired) electrons. The summed E-state index contributed by atoms with van der Waals surface area (Å²) in [5.74, 6) is 0.683. The van der Waals surface area contributed by atoms with Gasteiger partial charge in [0.25, 0.3) is 0 Å². The summed E-state index contributed by atoms with van der Waals surface area (Å²) in [5.41, 5.74) is 2.47. The van der Waals surface area contributed by atoms with E-state index in [1.165, 1.54) is 11.1 Å². The topological polar surface area (TPSA) is 41.5 Å². The van der Waals surface area contributed by atoms with E-state index in [2.05, 4.69) is 36.5 Å². The Morgan fingerprint density at radius 1 is 1.05 bits per heavy atom. The van der Waals surface area contributed by atoms with Gasteiger partial charge in [0.15, 0.2) is 6.79 Å². The van der Waals surface area contributed by atoms with E-state index in [1.54, 1.807) is 0 Å². The molecule has 0 saturated carbocycles. The SMILES string of the molecule is C[C@@H](NCc1ccc(OCO)cc1)c1ccccc1. The molecule has 2 aromatic carbocycles. The maximum atomic E-state index is 8.66. The van der Waals surface area contributed by atoms with Crippen LogP contribution in [0.4, 0.5) is 0 Å². The van der Waals surface area contributed by atoms with Crippen molar-refractivity contribution in [1.82, 2.24) is 5.32 Å². The van der Waals surface area contributed by atoms with Crippen LogP contribution in [0.5, 0.6) is 5.75 Å². The second kappa shape index (κ2) is 6.92. The van der Waals surface area contributed by atoms with Crippen molar-refractivity contribution >= 4 is 0 Å². The first kappa shape index (κ1) is 13.6. The number of benzene rings is 2. The van der Waals surface area contributed by atoms with Gasteiger partial charge in [-0.15, -0.1) is 0 Å². The van der Waals surface area contributed by atoms with E-state index in [-0.39, 0.29) is 6.79 Å². The maximum Gasteiger partial charge on any atom is 0.186 e. The van der Waals surface area contributed by atoms with Gasteiger partial charge in [0.1, 0.15) is 5.75 Å². The molecule has 19 heavy (non-hydrogen) atoms. The first-order chi connectivity index (χ1) is 9.29. The van der Waals surface area contributed by atoms with Crippen LogP contribution in [0.1, 0.15) is 24.1 Å². The fourth-order valence-electron chi connectivity index (χ4n) is 1.91. The highest BCUT2D eigenvalue weighted by Crippen LogP contribution is 2.14. The average molecular weight is 257 g/mol. The average Bonchev–Trinajstić information content (AvgIpc) is 2.47. The zero-order valence-corrected chi connectivity index (χ0v) is 11.0. The van der Waals surface area contributed by atoms with Gasteiger partial charge in [-0.1, -0.05) is 42.5 Å². The molecule has 0 heterocycles. The van der Waals surface area contributed by atoms with Gasteiger partial charge < -0.3 is 15.2 Å². The van der Waals surface area contributed by atoms with Crippen molar-refractivity contribution in [2.75, 3.05) is 6.79 Å². The largest absolute Gasteiger partial charge is 0.468 e. The van der Waals surface area contributed by atoms with Crippen molar-refractivity contribution in [3.05, 3.63) is 65.7 Å². The van der Waals surface area contributed by atoms with Crippen molar-refractivity contribution in [2.45, 2.75) is 19.5 Å². The summed E-state index contributed by atoms with van der Waals surface area (Å²) in [4.78, 5) is 0. The molecule has 0 aliphatic rings. The minimum Gasteiger partial charge on any atom is -0.468 e. The van der Waals surface area contributed by atoms with Crippen LogP contribution in [-0.2, 0) is 6.54 Å². The molecule has 3 heteroatoms. The first-order valence-electron chi connectivity index (χ1n) is 6.40. The molecule has 0 aliphatic heterocycles. The number of aliphatic hydroxyl groups is 1. The number of ether oxygens (including phenoxy) is 1. The van der Waals surface area contributed by atoms with Gasteiger partial charge in [0, 0.05) is 12.6 Å². The standard InChI is InChI=1S/C16H19NO2/c1-13(15-5-3-2-4-6-15)17-11-14-7-9-16(10-8-14)19-12-18/h2-10,13,17-18H,11-12H2,1H3/t13-/m1/s1. The molecule has 3 nitrogen and oxygen atoms in total. The van der Waals surface area contributed by atoms with Crippen molar-refractivity contribution in [3.63, 3.8) is 0 Å². The van der Waals surface area contributed by atoms with Crippen molar-refractivity contribution < 1.29 is 9.84 Å². The molecule has 2 aromatic rings. The Labute approximate surface area is 113 Å². The van der Waals surface area contributed by atoms with Gasteiger partial charge in [0.2, 0.25) is 0 Å². The van der Waals surface area contributed by atoms with Gasteiger partial charge in [0.05, 0.1) is 0 Å². The summed E-state index contributed by atoms with van der Waals surface area (Å²) in [6, 6.07) is 18.4. The van der Waals surface area contributed by atoms with Gasteiger partial charge in [-0.3, -0.25) is 0 Å². The van der Waals surface area contributed by atoms with Gasteiger partial charge in [-0.25, -0.2) is 0 Å². The van der Waals surface area contributed by atoms with Crippen LogP contribution in [0.25, 0.3) is 0 Å². The molecule has 2 rings (SSSR count). The van der Waals surface area contributed by atoms with E-state index in [4.69, 9.17) is 9.84 Å². The number of hydrogen-bond acceptors (Lipinski definition) is 3. The van der Waals surface area contributed by atoms with Gasteiger partial charge >= 0.3 is 0 Å². The van der Waals surface area contributed by atoms with Crippen LogP contribution in [0.15, 0.2) is 54.6 Å². The molecule has 0 aromatic heterocycles. The Morgan fingerprint density at radius 3 is 2.37 bits per heavy atom. The van der Waals surface area contributed by atoms with Crippen LogP contribution >= 0.6 is 0 Å². The van der Waals surface area contributed by atoms with E-state index in [1.807, 2.05) is 30.3 Å². The second-order valence-corrected chi connectivity index (χ2v) is 4.43. The van der Waals surface area contributed by atoms with Gasteiger partial charge in [-0.2, -0.15) is 0 Å². The molecule has 0 unspecified atom stereocenters. The van der Waals surface area contributed by atoms with E-state index in [9.17, 15) is 0 Å². The molecule has 0 saturated heterocycles. The quantitative estimate of drug-likeness (QED) is 0.782. The zero-order valence-electron chi connectivity index (χ0n) is 11.0. The predicted molar refractivity (Wildman–Crippen MR) is 75.9 cm³/mol. The van der Waals surface area contributed by atoms with Crippen molar-refractivity contribution in [3.8, 4) is 5.75 Å². The Morgan fingerprint density at radius 2 is 1.74 bits per heavy atom. The van der Waals surface area contributed by atoms with E-state index < -0.39 is 0 Å². The summed E-state index contributed by atoms with van der Waals surface area (Å²) in [6.45, 7) is 2.66. The third kappa shape index (κ3) is 4.09. The van der Waals surface area contributed by atoms with Crippen molar-refractivity contribution in [1.29, 1.82) is 0 Å². The lowest BCUT2D eigenvalue weighted by Crippen LogP contribution is -2.17. The smallest absolute Gasteiger partial charge is 0.186 e. The lowest BCUT2D eigenvalue weighted by molar-refractivity contribution is 0.0985. The number of nitrogens with one attached hydrogen (secondary N) is 1. The van der Waals surface area contributed by atoms with Crippen molar-refractivity contribution in [2.24, 2.45) is 0 Å². The molecular weight excluding hydrogens is 238 g/mol. The monoisotopic (exact) mass is 257 g/mol. The third-order valence-electron chi connectivity index (χ3n) is 3.07. The van der Waals surface area contributed by atoms with Crippen LogP contribution in [0.3, 0.4) is 0 Å². The second-order valence-electron chi connectivity index (χ2n) is 4.43. The fraction of sp³-hybridized carbons (Fsp3) is 0.250. The molecule has 0 fully saturated rings. The normalized spacial score (nSPS) is 12.1. The van der Waals surface area contributed by atoms with Crippen LogP contribution in [-0.4, -0.2) is 11.9 Å². The highest BCUT2D eigenvalue weighted by molar-refractivity contribution is 5.27. The molecule has 0 amide bonds. The summed E-state index contributed by atoms with van der Waals surface area (Å²) >= 11 is 0. The summed E-state index contributed by atoms with van der Waals surface area (Å²) in [5, 5.41) is 12.1. The minimum atomic E-state index is -0.289. The minimum absolute atomic E-state index is 0.289. The molecular formula is C16H19NO2. The molecule has 0 aliphatic carbocycles. The lowest BCUT2D eigenvalue weighted by Gasteiger charge is -2.14. The highest BCUT2D eigenvalue weighted by atomic mass is 16.6. The molecule has 100 valence electrons. The van der Waals surface area contributed by atoms with E-state index in [0.29, 0.717) is 11.8 Å². The van der Waals surface area contributed by atoms with E-state index in [0.717, 1.165) is 6.54 Å². The zero-order chi connectivity index (χ0) is 13.5. The Kier molecular flexibility index (Phi) is 4.95. The van der Waals surface area contributed by atoms with Gasteiger partial charge in [-0.05, 0) is 30.2 Å². The van der Waals surface area contributed by atoms with Crippen LogP contribution in [0.2, 0.25) is 0 Å². The number of hydrogen-bond donors (Lipinski definition) is 2. The fourth-order valence-corrected chi connectivity index (χ4v) is 1.91. The summed E-state index contributed by atoms with van der Waals surface area (Å²) in [7, 11) is 0.